The molecule has 2 atom stereocenters. The first-order valence-electron chi connectivity index (χ1n) is 8.49. The first kappa shape index (κ1) is 18.3. The summed E-state index contributed by atoms with van der Waals surface area (Å²) in [6, 6.07) is 0. The topological polar surface area (TPSA) is 0 Å². The predicted molar refractivity (Wildman–Crippen MR) is 96.4 cm³/mol. The minimum absolute atomic E-state index is 0.287. The molecule has 0 saturated carbocycles. The van der Waals surface area contributed by atoms with Gasteiger partial charge in [-0.3, -0.25) is 0 Å². The van der Waals surface area contributed by atoms with E-state index in [-0.39, 0.29) is 5.41 Å². The summed E-state index contributed by atoms with van der Waals surface area (Å²) >= 11 is 0. The maximum atomic E-state index is 4.26. The Labute approximate surface area is 133 Å². The van der Waals surface area contributed by atoms with Crippen LogP contribution in [0.1, 0.15) is 74.7 Å². The minimum Gasteiger partial charge on any atom is -0.0909 e. The van der Waals surface area contributed by atoms with Crippen LogP contribution >= 0.6 is 0 Å². The maximum Gasteiger partial charge on any atom is -0.0133 e. The Morgan fingerprint density at radius 3 is 1.76 bits per heavy atom. The Balaban J connectivity index is 2.85. The van der Waals surface area contributed by atoms with Crippen molar-refractivity contribution in [3.05, 3.63) is 35.5 Å². The molecule has 0 aromatic heterocycles. The first-order valence-corrected chi connectivity index (χ1v) is 8.49. The normalized spacial score (nSPS) is 19.6. The molecule has 0 saturated heterocycles. The summed E-state index contributed by atoms with van der Waals surface area (Å²) in [6.07, 6.45) is 3.85. The second-order valence-corrected chi connectivity index (χ2v) is 9.23. The van der Waals surface area contributed by atoms with Gasteiger partial charge in [0.05, 0.1) is 0 Å². The van der Waals surface area contributed by atoms with Crippen LogP contribution in [-0.4, -0.2) is 0 Å². The van der Waals surface area contributed by atoms with Crippen LogP contribution in [0.15, 0.2) is 35.5 Å². The van der Waals surface area contributed by atoms with Crippen molar-refractivity contribution in [2.24, 2.45) is 22.7 Å². The number of rotatable bonds is 5. The molecular weight excluding hydrogens is 252 g/mol. The third-order valence-corrected chi connectivity index (χ3v) is 5.09. The van der Waals surface area contributed by atoms with Crippen molar-refractivity contribution in [1.29, 1.82) is 0 Å². The molecule has 0 heteroatoms. The van der Waals surface area contributed by atoms with Gasteiger partial charge in [0, 0.05) is 0 Å². The highest BCUT2D eigenvalue weighted by Crippen LogP contribution is 2.50. The smallest absolute Gasteiger partial charge is 0.0133 e. The Morgan fingerprint density at radius 1 is 0.857 bits per heavy atom. The van der Waals surface area contributed by atoms with Gasteiger partial charge in [0.15, 0.2) is 0 Å². The number of hydrogen-bond donors (Lipinski definition) is 0. The Morgan fingerprint density at radius 2 is 1.33 bits per heavy atom. The lowest BCUT2D eigenvalue weighted by molar-refractivity contribution is 0.296. The molecule has 120 valence electrons. The average Bonchev–Trinajstić information content (AvgIpc) is 2.30. The van der Waals surface area contributed by atoms with Crippen molar-refractivity contribution in [2.45, 2.75) is 74.7 Å². The van der Waals surface area contributed by atoms with Gasteiger partial charge in [-0.1, -0.05) is 75.0 Å². The summed E-state index contributed by atoms with van der Waals surface area (Å²) in [5.74, 6) is 1.17. The van der Waals surface area contributed by atoms with Gasteiger partial charge in [0.25, 0.3) is 0 Å². The first-order chi connectivity index (χ1) is 9.36. The van der Waals surface area contributed by atoms with Gasteiger partial charge >= 0.3 is 0 Å². The molecule has 0 amide bonds. The van der Waals surface area contributed by atoms with Crippen LogP contribution in [0.5, 0.6) is 0 Å². The molecule has 0 radical (unpaired) electrons. The van der Waals surface area contributed by atoms with E-state index >= 15 is 0 Å². The summed E-state index contributed by atoms with van der Waals surface area (Å²) in [6.45, 7) is 27.2. The van der Waals surface area contributed by atoms with Crippen LogP contribution in [0.2, 0.25) is 0 Å². The fourth-order valence-corrected chi connectivity index (χ4v) is 3.16. The molecule has 1 aliphatic rings. The summed E-state index contributed by atoms with van der Waals surface area (Å²) in [4.78, 5) is 0. The zero-order chi connectivity index (χ0) is 16.6. The van der Waals surface area contributed by atoms with E-state index in [0.717, 1.165) is 0 Å². The van der Waals surface area contributed by atoms with E-state index in [0.29, 0.717) is 17.3 Å². The maximum absolute atomic E-state index is 4.26. The van der Waals surface area contributed by atoms with Crippen LogP contribution in [0, 0.1) is 22.7 Å². The Hall–Kier alpha value is -0.780. The summed E-state index contributed by atoms with van der Waals surface area (Å²) in [5, 5.41) is 0. The average molecular weight is 289 g/mol. The molecule has 0 bridgehead atoms. The molecule has 0 N–H and O–H groups in total. The van der Waals surface area contributed by atoms with Crippen molar-refractivity contribution in [3.63, 3.8) is 0 Å². The molecule has 21 heavy (non-hydrogen) atoms. The number of allylic oxidation sites excluding steroid dienone is 4. The van der Waals surface area contributed by atoms with Crippen LogP contribution < -0.4 is 0 Å². The molecule has 0 aromatic carbocycles. The molecular formula is C21H36. The zero-order valence-corrected chi connectivity index (χ0v) is 15.7. The molecule has 2 unspecified atom stereocenters. The fraction of sp³-hybridized carbons (Fsp3) is 0.714. The van der Waals surface area contributed by atoms with Crippen molar-refractivity contribution >= 4 is 0 Å². The molecule has 0 aliphatic heterocycles. The quantitative estimate of drug-likeness (QED) is 0.513. The molecule has 0 heterocycles. The molecule has 0 aromatic rings. The van der Waals surface area contributed by atoms with E-state index in [9.17, 15) is 0 Å². The van der Waals surface area contributed by atoms with Crippen LogP contribution in [-0.2, 0) is 0 Å². The minimum atomic E-state index is 0.287. The Bertz CT molecular complexity index is 445. The monoisotopic (exact) mass is 288 g/mol. The highest BCUT2D eigenvalue weighted by Gasteiger charge is 2.36. The summed E-state index contributed by atoms with van der Waals surface area (Å²) in [7, 11) is 0. The summed E-state index contributed by atoms with van der Waals surface area (Å²) < 4.78 is 0. The number of hydrogen-bond acceptors (Lipinski definition) is 0. The van der Waals surface area contributed by atoms with Gasteiger partial charge in [-0.15, -0.1) is 0 Å². The zero-order valence-electron chi connectivity index (χ0n) is 15.7. The highest BCUT2D eigenvalue weighted by molar-refractivity contribution is 5.69. The molecule has 1 aliphatic carbocycles. The molecule has 0 fully saturated rings. The lowest BCUT2D eigenvalue weighted by atomic mass is 9.63. The molecule has 1 rings (SSSR count). The largest absolute Gasteiger partial charge is 0.0909 e. The molecule has 0 spiro atoms. The van der Waals surface area contributed by atoms with Gasteiger partial charge in [-0.05, 0) is 57.8 Å². The lowest BCUT2D eigenvalue weighted by Gasteiger charge is -2.41. The van der Waals surface area contributed by atoms with Crippen molar-refractivity contribution in [1.82, 2.24) is 0 Å². The van der Waals surface area contributed by atoms with Crippen molar-refractivity contribution in [2.75, 3.05) is 0 Å². The van der Waals surface area contributed by atoms with Gasteiger partial charge in [0.2, 0.25) is 0 Å². The van der Waals surface area contributed by atoms with E-state index < -0.39 is 0 Å². The lowest BCUT2D eigenvalue weighted by Crippen LogP contribution is -2.29. The van der Waals surface area contributed by atoms with E-state index in [1.807, 2.05) is 0 Å². The van der Waals surface area contributed by atoms with Crippen LogP contribution in [0.4, 0.5) is 0 Å². The SMILES string of the molecule is C=C1C(=C)C(C(C)C(C)(C)C)=C1C(C)CCCC(C)(C)C. The van der Waals surface area contributed by atoms with Gasteiger partial charge in [-0.25, -0.2) is 0 Å². The van der Waals surface area contributed by atoms with Crippen molar-refractivity contribution < 1.29 is 0 Å². The van der Waals surface area contributed by atoms with Gasteiger partial charge < -0.3 is 0 Å². The fourth-order valence-electron chi connectivity index (χ4n) is 3.16. The third kappa shape index (κ3) is 4.34. The van der Waals surface area contributed by atoms with Crippen LogP contribution in [0.25, 0.3) is 0 Å². The second-order valence-electron chi connectivity index (χ2n) is 9.23. The van der Waals surface area contributed by atoms with E-state index in [1.165, 1.54) is 41.6 Å². The standard InChI is InChI=1S/C21H36/c1-14(12-11-13-20(5,6)7)18-15(2)16(3)19(18)17(4)21(8,9)10/h14,17H,2-3,11-13H2,1,4-10H3. The van der Waals surface area contributed by atoms with E-state index in [2.05, 4.69) is 68.5 Å². The Kier molecular flexibility index (Phi) is 5.35. The van der Waals surface area contributed by atoms with Crippen molar-refractivity contribution in [3.8, 4) is 0 Å². The van der Waals surface area contributed by atoms with E-state index in [4.69, 9.17) is 0 Å². The summed E-state index contributed by atoms with van der Waals surface area (Å²) in [5.41, 5.74) is 6.15. The van der Waals surface area contributed by atoms with Gasteiger partial charge in [-0.2, -0.15) is 0 Å². The van der Waals surface area contributed by atoms with E-state index in [1.54, 1.807) is 0 Å². The highest BCUT2D eigenvalue weighted by atomic mass is 14.4. The van der Waals surface area contributed by atoms with Crippen LogP contribution in [0.3, 0.4) is 0 Å². The van der Waals surface area contributed by atoms with Gasteiger partial charge in [0.1, 0.15) is 0 Å². The molecule has 0 nitrogen and oxygen atoms in total. The third-order valence-electron chi connectivity index (χ3n) is 5.09. The second kappa shape index (κ2) is 6.15. The predicted octanol–water partition coefficient (Wildman–Crippen LogP) is 6.94.